The van der Waals surface area contributed by atoms with Crippen molar-refractivity contribution in [3.63, 3.8) is 0 Å². The molecule has 0 bridgehead atoms. The van der Waals surface area contributed by atoms with Gasteiger partial charge in [0.25, 0.3) is 0 Å². The monoisotopic (exact) mass is 642 g/mol. The third kappa shape index (κ3) is 5.07. The summed E-state index contributed by atoms with van der Waals surface area (Å²) in [5, 5.41) is 0. The van der Waals surface area contributed by atoms with Crippen molar-refractivity contribution in [3.8, 4) is 0 Å². The molecule has 230 valence electrons. The number of ether oxygens (including phenoxy) is 1. The molecule has 0 radical (unpaired) electrons. The summed E-state index contributed by atoms with van der Waals surface area (Å²) in [6.45, 7) is -1.18. The first kappa shape index (κ1) is 28.6. The number of aromatic nitrogens is 8. The summed E-state index contributed by atoms with van der Waals surface area (Å²) in [7, 11) is -9.74. The second kappa shape index (κ2) is 10.5. The first-order chi connectivity index (χ1) is 20.5. The summed E-state index contributed by atoms with van der Waals surface area (Å²) < 4.78 is 72.1. The van der Waals surface area contributed by atoms with Gasteiger partial charge in [-0.3, -0.25) is 22.7 Å². The lowest BCUT2D eigenvalue weighted by Gasteiger charge is -2.30. The Morgan fingerprint density at radius 1 is 0.814 bits per heavy atom. The topological polar surface area (TPSA) is 260 Å². The molecule has 1 saturated carbocycles. The summed E-state index contributed by atoms with van der Waals surface area (Å²) in [5.41, 5.74) is 12.7. The number of imidazole rings is 2. The molecule has 4 aromatic rings. The lowest BCUT2D eigenvalue weighted by molar-refractivity contribution is -0.0538. The Kier molecular flexibility index (Phi) is 6.95. The van der Waals surface area contributed by atoms with Crippen molar-refractivity contribution in [2.75, 3.05) is 24.7 Å². The van der Waals surface area contributed by atoms with Crippen LogP contribution < -0.4 is 11.5 Å². The molecule has 6 heterocycles. The minimum Gasteiger partial charge on any atom is -0.382 e. The molecule has 2 aliphatic heterocycles. The van der Waals surface area contributed by atoms with E-state index in [-0.39, 0.29) is 22.8 Å². The van der Waals surface area contributed by atoms with Crippen molar-refractivity contribution < 1.29 is 46.1 Å². The molecule has 7 rings (SSSR count). The third-order valence-corrected chi connectivity index (χ3v) is 9.68. The highest BCUT2D eigenvalue weighted by atomic mass is 31.2. The highest BCUT2D eigenvalue weighted by Crippen LogP contribution is 2.55. The lowest BCUT2D eigenvalue weighted by Crippen LogP contribution is -2.35. The molecule has 1 aliphatic carbocycles. The van der Waals surface area contributed by atoms with E-state index in [0.717, 1.165) is 6.33 Å². The van der Waals surface area contributed by atoms with Gasteiger partial charge in [0.1, 0.15) is 35.9 Å². The fraction of sp³-hybridized carbons (Fsp3) is 0.524. The van der Waals surface area contributed by atoms with Gasteiger partial charge in [-0.25, -0.2) is 43.4 Å². The highest BCUT2D eigenvalue weighted by molar-refractivity contribution is 7.47. The van der Waals surface area contributed by atoms with Gasteiger partial charge in [-0.15, -0.1) is 0 Å². The van der Waals surface area contributed by atoms with Crippen LogP contribution in [0.25, 0.3) is 22.3 Å². The quantitative estimate of drug-likeness (QED) is 0.223. The molecule has 3 unspecified atom stereocenters. The predicted octanol–water partition coefficient (Wildman–Crippen LogP) is 1.04. The van der Waals surface area contributed by atoms with E-state index < -0.39 is 71.5 Å². The molecule has 3 fully saturated rings. The normalized spacial score (nSPS) is 37.1. The number of phosphoric ester groups is 2. The molecule has 3 aliphatic rings. The fourth-order valence-corrected chi connectivity index (χ4v) is 7.75. The van der Waals surface area contributed by atoms with Gasteiger partial charge in [0.05, 0.1) is 38.0 Å². The van der Waals surface area contributed by atoms with Crippen LogP contribution in [0.1, 0.15) is 25.1 Å². The highest BCUT2D eigenvalue weighted by Gasteiger charge is 2.53. The standard InChI is InChI=1S/C21H25FN10O9P2/c22-12-16-11(39-21(12)32-8-30-14-18(24)26-6-28-20(14)32)4-38-43(35,36)40-15-9(3-37-42(33,34)41-16)1-2-10(15)31-7-29-13-17(23)25-5-27-19(13)31/h5-12,15-16,21H,1-4H2,(H,33,34)(H,35,36)(H2,23,25,27)(H2,24,26,28)/t9?,10-,11-,12-,15-,16-,21-/m1/s1. The van der Waals surface area contributed by atoms with Crippen molar-refractivity contribution in [3.05, 3.63) is 25.3 Å². The summed E-state index contributed by atoms with van der Waals surface area (Å²) in [6, 6.07) is -0.613. The van der Waals surface area contributed by atoms with Gasteiger partial charge in [0.15, 0.2) is 35.3 Å². The fourth-order valence-electron chi connectivity index (χ4n) is 5.73. The molecule has 4 aromatic heterocycles. The summed E-state index contributed by atoms with van der Waals surface area (Å²) in [4.78, 5) is 45.7. The minimum atomic E-state index is -4.90. The number of nitrogens with two attached hydrogens (primary N) is 2. The van der Waals surface area contributed by atoms with Gasteiger partial charge in [-0.1, -0.05) is 0 Å². The van der Waals surface area contributed by atoms with E-state index in [0.29, 0.717) is 24.0 Å². The average Bonchev–Trinajstić information content (AvgIpc) is 3.72. The average molecular weight is 642 g/mol. The van der Waals surface area contributed by atoms with Crippen LogP contribution in [0.3, 0.4) is 0 Å². The second-order valence-electron chi connectivity index (χ2n) is 10.2. The maximum Gasteiger partial charge on any atom is 0.472 e. The number of anilines is 2. The number of nitrogen functional groups attached to an aromatic ring is 2. The zero-order valence-corrected chi connectivity index (χ0v) is 23.7. The number of phosphoric acid groups is 2. The summed E-state index contributed by atoms with van der Waals surface area (Å²) in [5.74, 6) is -0.495. The number of fused-ring (bicyclic) bond motifs is 4. The lowest BCUT2D eigenvalue weighted by atomic mass is 10.1. The van der Waals surface area contributed by atoms with Crippen LogP contribution in [-0.2, 0) is 32.0 Å². The van der Waals surface area contributed by atoms with Crippen LogP contribution in [0.4, 0.5) is 16.0 Å². The Labute approximate surface area is 240 Å². The maximum absolute atomic E-state index is 15.9. The minimum absolute atomic E-state index is 0.0401. The number of nitrogens with zero attached hydrogens (tertiary/aromatic N) is 8. The van der Waals surface area contributed by atoms with Crippen LogP contribution in [0.5, 0.6) is 0 Å². The molecular formula is C21H25FN10O9P2. The maximum atomic E-state index is 15.9. The summed E-state index contributed by atoms with van der Waals surface area (Å²) >= 11 is 0. The van der Waals surface area contributed by atoms with Crippen LogP contribution in [0.15, 0.2) is 25.3 Å². The largest absolute Gasteiger partial charge is 0.472 e. The zero-order chi connectivity index (χ0) is 30.1. The molecule has 0 aromatic carbocycles. The molecule has 19 nitrogen and oxygen atoms in total. The number of halogens is 1. The zero-order valence-electron chi connectivity index (χ0n) is 21.9. The van der Waals surface area contributed by atoms with Gasteiger partial charge in [-0.05, 0) is 12.8 Å². The predicted molar refractivity (Wildman–Crippen MR) is 141 cm³/mol. The molecule has 2 saturated heterocycles. The SMILES string of the molecule is Nc1ncnc2c1ncn2[C@@H]1CCC2COP(=O)(O)O[C@H]3[C@@H](F)[C@H](n4cnc5c(N)ncnc54)O[C@@H]3COP(=O)(O)O[C@H]21. The second-order valence-corrected chi connectivity index (χ2v) is 13.1. The number of hydrogen-bond acceptors (Lipinski definition) is 15. The number of hydrogen-bond donors (Lipinski definition) is 4. The van der Waals surface area contributed by atoms with E-state index in [1.807, 2.05) is 0 Å². The van der Waals surface area contributed by atoms with Crippen LogP contribution in [-0.4, -0.2) is 86.5 Å². The van der Waals surface area contributed by atoms with E-state index >= 15 is 4.39 Å². The molecule has 22 heteroatoms. The van der Waals surface area contributed by atoms with Crippen molar-refractivity contribution in [2.24, 2.45) is 5.92 Å². The van der Waals surface area contributed by atoms with E-state index in [1.54, 1.807) is 4.57 Å². The van der Waals surface area contributed by atoms with Crippen molar-refractivity contribution in [2.45, 2.75) is 49.6 Å². The van der Waals surface area contributed by atoms with Crippen molar-refractivity contribution in [1.29, 1.82) is 0 Å². The molecule has 9 atom stereocenters. The van der Waals surface area contributed by atoms with E-state index in [1.165, 1.54) is 23.5 Å². The van der Waals surface area contributed by atoms with Crippen LogP contribution >= 0.6 is 15.6 Å². The van der Waals surface area contributed by atoms with Gasteiger partial charge >= 0.3 is 15.6 Å². The van der Waals surface area contributed by atoms with Gasteiger partial charge in [0.2, 0.25) is 0 Å². The number of alkyl halides is 1. The Bertz CT molecular complexity index is 1790. The Balaban J connectivity index is 1.18. The molecule has 0 amide bonds. The molecular weight excluding hydrogens is 617 g/mol. The smallest absolute Gasteiger partial charge is 0.382 e. The molecule has 6 N–H and O–H groups in total. The first-order valence-electron chi connectivity index (χ1n) is 13.0. The Morgan fingerprint density at radius 2 is 1.40 bits per heavy atom. The van der Waals surface area contributed by atoms with Gasteiger partial charge in [-0.2, -0.15) is 0 Å². The van der Waals surface area contributed by atoms with Crippen LogP contribution in [0, 0.1) is 5.92 Å². The number of rotatable bonds is 2. The van der Waals surface area contributed by atoms with Gasteiger partial charge < -0.3 is 30.6 Å². The van der Waals surface area contributed by atoms with E-state index in [4.69, 9.17) is 34.3 Å². The van der Waals surface area contributed by atoms with E-state index in [9.17, 15) is 18.9 Å². The van der Waals surface area contributed by atoms with Crippen LogP contribution in [0.2, 0.25) is 0 Å². The third-order valence-electron chi connectivity index (χ3n) is 7.71. The summed E-state index contributed by atoms with van der Waals surface area (Å²) in [6.07, 6.45) is -2.08. The van der Waals surface area contributed by atoms with Crippen molar-refractivity contribution in [1.82, 2.24) is 39.0 Å². The van der Waals surface area contributed by atoms with Gasteiger partial charge in [0, 0.05) is 5.92 Å². The van der Waals surface area contributed by atoms with Crippen molar-refractivity contribution >= 4 is 49.6 Å². The Morgan fingerprint density at radius 3 is 2.07 bits per heavy atom. The first-order valence-corrected chi connectivity index (χ1v) is 16.0. The molecule has 0 spiro atoms. The van der Waals surface area contributed by atoms with E-state index in [2.05, 4.69) is 29.9 Å². The molecule has 43 heavy (non-hydrogen) atoms. The Hall–Kier alpha value is -3.19.